The third-order valence-electron chi connectivity index (χ3n) is 1.97. The number of nitrogens with two attached hydrogens (primary N) is 1. The quantitative estimate of drug-likeness (QED) is 0.888. The Morgan fingerprint density at radius 3 is 2.75 bits per heavy atom. The topological polar surface area (TPSA) is 50.9 Å². The monoisotopic (exact) mass is 281 g/mol. The highest BCUT2D eigenvalue weighted by atomic mass is 79.9. The number of hydrogen-bond acceptors (Lipinski definition) is 3. The molecule has 1 aromatic carbocycles. The van der Waals surface area contributed by atoms with Crippen LogP contribution in [0.1, 0.15) is 0 Å². The van der Waals surface area contributed by atoms with Gasteiger partial charge in [-0.1, -0.05) is 0 Å². The maximum absolute atomic E-state index is 12.9. The van der Waals surface area contributed by atoms with Crippen molar-refractivity contribution in [2.24, 2.45) is 0 Å². The number of benzene rings is 1. The molecule has 82 valence electrons. The van der Waals surface area contributed by atoms with Gasteiger partial charge in [0.2, 0.25) is 0 Å². The van der Waals surface area contributed by atoms with Crippen LogP contribution in [-0.4, -0.2) is 4.98 Å². The van der Waals surface area contributed by atoms with E-state index in [0.29, 0.717) is 10.2 Å². The molecule has 0 unspecified atom stereocenters. The van der Waals surface area contributed by atoms with Crippen LogP contribution >= 0.6 is 15.9 Å². The van der Waals surface area contributed by atoms with E-state index in [2.05, 4.69) is 26.2 Å². The van der Waals surface area contributed by atoms with E-state index in [9.17, 15) is 4.39 Å². The Morgan fingerprint density at radius 2 is 2.06 bits per heavy atom. The number of halogens is 2. The summed E-state index contributed by atoms with van der Waals surface area (Å²) in [6.45, 7) is 0. The molecule has 0 saturated carbocycles. The fraction of sp³-hybridized carbons (Fsp3) is 0. The van der Waals surface area contributed by atoms with E-state index in [1.54, 1.807) is 24.5 Å². The van der Waals surface area contributed by atoms with E-state index in [4.69, 9.17) is 5.73 Å². The molecule has 0 aliphatic heterocycles. The van der Waals surface area contributed by atoms with E-state index >= 15 is 0 Å². The average molecular weight is 282 g/mol. The number of aromatic nitrogens is 1. The van der Waals surface area contributed by atoms with E-state index in [-0.39, 0.29) is 5.82 Å². The molecule has 3 N–H and O–H groups in total. The van der Waals surface area contributed by atoms with Gasteiger partial charge in [0, 0.05) is 10.7 Å². The highest BCUT2D eigenvalue weighted by Gasteiger charge is 2.02. The van der Waals surface area contributed by atoms with Crippen molar-refractivity contribution < 1.29 is 4.39 Å². The molecule has 0 radical (unpaired) electrons. The minimum Gasteiger partial charge on any atom is -0.397 e. The van der Waals surface area contributed by atoms with Gasteiger partial charge in [-0.05, 0) is 40.2 Å². The Hall–Kier alpha value is -1.62. The number of pyridine rings is 1. The van der Waals surface area contributed by atoms with E-state index in [0.717, 1.165) is 11.4 Å². The molecule has 2 aromatic rings. The highest BCUT2D eigenvalue weighted by Crippen LogP contribution is 2.26. The standard InChI is InChI=1S/C11H9BrFN3/c12-10-3-7(13)1-2-11(10)16-9-4-8(14)5-15-6-9/h1-6,16H,14H2. The maximum atomic E-state index is 12.9. The van der Waals surface area contributed by atoms with Crippen LogP contribution in [-0.2, 0) is 0 Å². The van der Waals surface area contributed by atoms with Gasteiger partial charge >= 0.3 is 0 Å². The molecule has 0 aliphatic carbocycles. The second-order valence-corrected chi connectivity index (χ2v) is 4.11. The highest BCUT2D eigenvalue weighted by molar-refractivity contribution is 9.10. The van der Waals surface area contributed by atoms with Crippen LogP contribution < -0.4 is 11.1 Å². The number of nitrogens with zero attached hydrogens (tertiary/aromatic N) is 1. The number of anilines is 3. The zero-order valence-corrected chi connectivity index (χ0v) is 9.83. The van der Waals surface area contributed by atoms with Gasteiger partial charge < -0.3 is 11.1 Å². The van der Waals surface area contributed by atoms with E-state index < -0.39 is 0 Å². The summed E-state index contributed by atoms with van der Waals surface area (Å²) < 4.78 is 13.5. The fourth-order valence-corrected chi connectivity index (χ4v) is 1.72. The number of hydrogen-bond donors (Lipinski definition) is 2. The van der Waals surface area contributed by atoms with Crippen molar-refractivity contribution in [1.29, 1.82) is 0 Å². The molecule has 0 saturated heterocycles. The first-order valence-corrected chi connectivity index (χ1v) is 5.37. The number of rotatable bonds is 2. The Morgan fingerprint density at radius 1 is 1.25 bits per heavy atom. The number of nitrogen functional groups attached to an aromatic ring is 1. The predicted octanol–water partition coefficient (Wildman–Crippen LogP) is 3.31. The Kier molecular flexibility index (Phi) is 3.05. The molecule has 0 aliphatic rings. The van der Waals surface area contributed by atoms with Gasteiger partial charge in [-0.15, -0.1) is 0 Å². The lowest BCUT2D eigenvalue weighted by Crippen LogP contribution is -1.94. The summed E-state index contributed by atoms with van der Waals surface area (Å²) in [5, 5.41) is 3.08. The molecule has 1 aromatic heterocycles. The van der Waals surface area contributed by atoms with Crippen LogP contribution in [0, 0.1) is 5.82 Å². The Labute approximate surface area is 101 Å². The third-order valence-corrected chi connectivity index (χ3v) is 2.63. The Bertz CT molecular complexity index is 516. The second-order valence-electron chi connectivity index (χ2n) is 3.26. The van der Waals surface area contributed by atoms with Gasteiger partial charge in [-0.2, -0.15) is 0 Å². The van der Waals surface area contributed by atoms with Gasteiger partial charge in [-0.3, -0.25) is 4.98 Å². The van der Waals surface area contributed by atoms with Gasteiger partial charge in [0.1, 0.15) is 5.82 Å². The SMILES string of the molecule is Nc1cncc(Nc2ccc(F)cc2Br)c1. The van der Waals surface area contributed by atoms with Crippen molar-refractivity contribution in [3.8, 4) is 0 Å². The van der Waals surface area contributed by atoms with Crippen molar-refractivity contribution in [2.75, 3.05) is 11.1 Å². The summed E-state index contributed by atoms with van der Waals surface area (Å²) in [5.74, 6) is -0.289. The number of nitrogens with one attached hydrogen (secondary N) is 1. The lowest BCUT2D eigenvalue weighted by molar-refractivity contribution is 0.627. The van der Waals surface area contributed by atoms with Crippen LogP contribution in [0.5, 0.6) is 0 Å². The lowest BCUT2D eigenvalue weighted by atomic mass is 10.3. The van der Waals surface area contributed by atoms with Crippen LogP contribution in [0.4, 0.5) is 21.5 Å². The smallest absolute Gasteiger partial charge is 0.124 e. The van der Waals surface area contributed by atoms with Gasteiger partial charge in [0.25, 0.3) is 0 Å². The first-order valence-electron chi connectivity index (χ1n) is 4.58. The van der Waals surface area contributed by atoms with Crippen LogP contribution in [0.3, 0.4) is 0 Å². The van der Waals surface area contributed by atoms with Crippen LogP contribution in [0.25, 0.3) is 0 Å². The zero-order valence-electron chi connectivity index (χ0n) is 8.24. The van der Waals surface area contributed by atoms with E-state index in [1.165, 1.54) is 12.1 Å². The minimum absolute atomic E-state index is 0.289. The second kappa shape index (κ2) is 4.49. The predicted molar refractivity (Wildman–Crippen MR) is 66.0 cm³/mol. The molecule has 1 heterocycles. The lowest BCUT2D eigenvalue weighted by Gasteiger charge is -2.08. The summed E-state index contributed by atoms with van der Waals surface area (Å²) in [7, 11) is 0. The maximum Gasteiger partial charge on any atom is 0.124 e. The minimum atomic E-state index is -0.289. The largest absolute Gasteiger partial charge is 0.397 e. The van der Waals surface area contributed by atoms with Gasteiger partial charge in [0.05, 0.1) is 23.3 Å². The van der Waals surface area contributed by atoms with Crippen molar-refractivity contribution in [3.63, 3.8) is 0 Å². The normalized spacial score (nSPS) is 10.1. The summed E-state index contributed by atoms with van der Waals surface area (Å²) in [6.07, 6.45) is 3.21. The van der Waals surface area contributed by atoms with Crippen LogP contribution in [0.15, 0.2) is 41.1 Å². The third kappa shape index (κ3) is 2.49. The van der Waals surface area contributed by atoms with E-state index in [1.807, 2.05) is 0 Å². The Balaban J connectivity index is 2.27. The molecular formula is C11H9BrFN3. The molecule has 0 spiro atoms. The molecule has 0 bridgehead atoms. The molecule has 16 heavy (non-hydrogen) atoms. The summed E-state index contributed by atoms with van der Waals surface area (Å²) in [6, 6.07) is 6.17. The molecule has 0 atom stereocenters. The molecule has 5 heteroatoms. The molecule has 0 fully saturated rings. The van der Waals surface area contributed by atoms with Crippen molar-refractivity contribution in [2.45, 2.75) is 0 Å². The average Bonchev–Trinajstić information content (AvgIpc) is 2.22. The molecule has 3 nitrogen and oxygen atoms in total. The molecule has 0 amide bonds. The molecule has 2 rings (SSSR count). The zero-order chi connectivity index (χ0) is 11.5. The molecular weight excluding hydrogens is 273 g/mol. The van der Waals surface area contributed by atoms with Crippen molar-refractivity contribution in [1.82, 2.24) is 4.98 Å². The first kappa shape index (κ1) is 10.9. The van der Waals surface area contributed by atoms with Gasteiger partial charge in [-0.25, -0.2) is 4.39 Å². The summed E-state index contributed by atoms with van der Waals surface area (Å²) in [5.41, 5.74) is 7.69. The fourth-order valence-electron chi connectivity index (χ4n) is 1.27. The van der Waals surface area contributed by atoms with Gasteiger partial charge in [0.15, 0.2) is 0 Å². The van der Waals surface area contributed by atoms with Crippen LogP contribution in [0.2, 0.25) is 0 Å². The van der Waals surface area contributed by atoms with Crippen molar-refractivity contribution in [3.05, 3.63) is 46.9 Å². The van der Waals surface area contributed by atoms with Crippen molar-refractivity contribution >= 4 is 33.0 Å². The first-order chi connectivity index (χ1) is 7.65. The summed E-state index contributed by atoms with van der Waals surface area (Å²) >= 11 is 3.27. The summed E-state index contributed by atoms with van der Waals surface area (Å²) in [4.78, 5) is 3.95.